The van der Waals surface area contributed by atoms with E-state index in [0.717, 1.165) is 17.9 Å². The third-order valence-corrected chi connectivity index (χ3v) is 3.78. The first-order valence-corrected chi connectivity index (χ1v) is 8.03. The Balaban J connectivity index is 1.75. The highest BCUT2D eigenvalue weighted by Gasteiger charge is 2.11. The topological polar surface area (TPSA) is 45.2 Å². The molecule has 1 amide bonds. The van der Waals surface area contributed by atoms with Crippen molar-refractivity contribution in [1.29, 1.82) is 0 Å². The van der Waals surface area contributed by atoms with Crippen LogP contribution >= 0.6 is 0 Å². The van der Waals surface area contributed by atoms with Crippen molar-refractivity contribution in [1.82, 2.24) is 4.98 Å². The molecule has 0 unspecified atom stereocenters. The number of carbonyl (C=O) groups excluding carboxylic acids is 1. The Labute approximate surface area is 145 Å². The second kappa shape index (κ2) is 7.57. The van der Waals surface area contributed by atoms with E-state index in [1.54, 1.807) is 12.3 Å². The molecule has 1 aromatic heterocycles. The number of amides is 1. The van der Waals surface area contributed by atoms with Gasteiger partial charge in [-0.05, 0) is 55.5 Å². The molecule has 0 aliphatic carbocycles. The zero-order valence-electron chi connectivity index (χ0n) is 13.8. The Kier molecular flexibility index (Phi) is 5.04. The highest BCUT2D eigenvalue weighted by molar-refractivity contribution is 6.02. The Morgan fingerprint density at radius 3 is 2.32 bits per heavy atom. The fraction of sp³-hybridized carbons (Fsp3) is 0.100. The van der Waals surface area contributed by atoms with Crippen molar-refractivity contribution in [3.05, 3.63) is 84.4 Å². The van der Waals surface area contributed by atoms with Crippen molar-refractivity contribution in [3.63, 3.8) is 0 Å². The third kappa shape index (κ3) is 4.01. The minimum absolute atomic E-state index is 0.303. The van der Waals surface area contributed by atoms with Gasteiger partial charge in [-0.1, -0.05) is 18.2 Å². The predicted molar refractivity (Wildman–Crippen MR) is 97.7 cm³/mol. The molecule has 0 bridgehead atoms. The van der Waals surface area contributed by atoms with Crippen LogP contribution in [0.25, 0.3) is 0 Å². The van der Waals surface area contributed by atoms with Crippen molar-refractivity contribution >= 4 is 23.0 Å². The van der Waals surface area contributed by atoms with Gasteiger partial charge in [-0.3, -0.25) is 4.79 Å². The molecule has 0 spiro atoms. The number of hydrogen-bond acceptors (Lipinski definition) is 3. The van der Waals surface area contributed by atoms with Gasteiger partial charge < -0.3 is 10.2 Å². The van der Waals surface area contributed by atoms with E-state index in [-0.39, 0.29) is 11.7 Å². The summed E-state index contributed by atoms with van der Waals surface area (Å²) in [6, 6.07) is 19.1. The average molecular weight is 335 g/mol. The number of aromatic nitrogens is 1. The van der Waals surface area contributed by atoms with Crippen molar-refractivity contribution < 1.29 is 9.18 Å². The molecule has 0 saturated carbocycles. The Hall–Kier alpha value is -3.21. The average Bonchev–Trinajstić information content (AvgIpc) is 2.66. The van der Waals surface area contributed by atoms with E-state index >= 15 is 0 Å². The minimum atomic E-state index is -0.346. The van der Waals surface area contributed by atoms with Crippen LogP contribution in [0.2, 0.25) is 0 Å². The maximum absolute atomic E-state index is 12.9. The summed E-state index contributed by atoms with van der Waals surface area (Å²) in [5, 5.41) is 2.70. The number of rotatable bonds is 5. The maximum Gasteiger partial charge on any atom is 0.274 e. The molecule has 5 heteroatoms. The zero-order valence-corrected chi connectivity index (χ0v) is 13.8. The first-order valence-electron chi connectivity index (χ1n) is 8.03. The van der Waals surface area contributed by atoms with E-state index < -0.39 is 0 Å². The molecule has 0 fully saturated rings. The van der Waals surface area contributed by atoms with Crippen LogP contribution in [-0.4, -0.2) is 17.4 Å². The second-order valence-corrected chi connectivity index (χ2v) is 5.44. The van der Waals surface area contributed by atoms with Gasteiger partial charge in [-0.2, -0.15) is 0 Å². The fourth-order valence-corrected chi connectivity index (χ4v) is 2.53. The first kappa shape index (κ1) is 16.6. The summed E-state index contributed by atoms with van der Waals surface area (Å²) >= 11 is 0. The van der Waals surface area contributed by atoms with E-state index in [2.05, 4.69) is 22.1 Å². The number of para-hydroxylation sites is 1. The van der Waals surface area contributed by atoms with Crippen molar-refractivity contribution in [3.8, 4) is 0 Å². The van der Waals surface area contributed by atoms with Crippen LogP contribution < -0.4 is 10.2 Å². The molecule has 3 aromatic rings. The number of nitrogens with zero attached hydrogens (tertiary/aromatic N) is 2. The molecule has 3 rings (SSSR count). The molecule has 126 valence electrons. The Morgan fingerprint density at radius 1 is 1.00 bits per heavy atom. The van der Waals surface area contributed by atoms with Crippen molar-refractivity contribution in [2.75, 3.05) is 16.8 Å². The van der Waals surface area contributed by atoms with Crippen LogP contribution in [0.5, 0.6) is 0 Å². The first-order chi connectivity index (χ1) is 12.2. The van der Waals surface area contributed by atoms with Crippen molar-refractivity contribution in [2.45, 2.75) is 6.92 Å². The number of benzene rings is 2. The van der Waals surface area contributed by atoms with Crippen LogP contribution in [0.1, 0.15) is 17.4 Å². The van der Waals surface area contributed by atoms with E-state index in [1.165, 1.54) is 24.3 Å². The van der Waals surface area contributed by atoms with Crippen molar-refractivity contribution in [2.24, 2.45) is 0 Å². The summed E-state index contributed by atoms with van der Waals surface area (Å²) in [4.78, 5) is 18.6. The zero-order chi connectivity index (χ0) is 17.6. The van der Waals surface area contributed by atoms with Crippen LogP contribution in [0.4, 0.5) is 21.5 Å². The summed E-state index contributed by atoms with van der Waals surface area (Å²) < 4.78 is 12.9. The van der Waals surface area contributed by atoms with Gasteiger partial charge >= 0.3 is 0 Å². The SMILES string of the molecule is CCN(c1ccccc1)c1ccc(C(=O)Nc2ccc(F)cc2)nc1. The lowest BCUT2D eigenvalue weighted by Gasteiger charge is -2.22. The number of carbonyl (C=O) groups is 1. The molecule has 0 aliphatic rings. The summed E-state index contributed by atoms with van der Waals surface area (Å²) in [6.45, 7) is 2.84. The van der Waals surface area contributed by atoms with E-state index in [0.29, 0.717) is 11.4 Å². The van der Waals surface area contributed by atoms with Gasteiger partial charge in [-0.25, -0.2) is 9.37 Å². The summed E-state index contributed by atoms with van der Waals surface area (Å²) in [6.07, 6.45) is 1.68. The summed E-state index contributed by atoms with van der Waals surface area (Å²) in [5.74, 6) is -0.679. The van der Waals surface area contributed by atoms with Crippen LogP contribution in [0.3, 0.4) is 0 Å². The summed E-state index contributed by atoms with van der Waals surface area (Å²) in [7, 11) is 0. The Bertz CT molecular complexity index is 833. The van der Waals surface area contributed by atoms with E-state index in [4.69, 9.17) is 0 Å². The Morgan fingerprint density at radius 2 is 1.72 bits per heavy atom. The quantitative estimate of drug-likeness (QED) is 0.739. The fourth-order valence-electron chi connectivity index (χ4n) is 2.53. The predicted octanol–water partition coefficient (Wildman–Crippen LogP) is 4.63. The van der Waals surface area contributed by atoms with Crippen LogP contribution in [-0.2, 0) is 0 Å². The molecule has 0 aliphatic heterocycles. The lowest BCUT2D eigenvalue weighted by Crippen LogP contribution is -2.17. The monoisotopic (exact) mass is 335 g/mol. The van der Waals surface area contributed by atoms with Crippen LogP contribution in [0, 0.1) is 5.82 Å². The standard InChI is InChI=1S/C20H18FN3O/c1-2-24(17-6-4-3-5-7-17)18-12-13-19(22-14-18)20(25)23-16-10-8-15(21)9-11-16/h3-14H,2H2,1H3,(H,23,25). The third-order valence-electron chi connectivity index (χ3n) is 3.78. The molecule has 1 N–H and O–H groups in total. The number of nitrogens with one attached hydrogen (secondary N) is 1. The molecule has 25 heavy (non-hydrogen) atoms. The maximum atomic E-state index is 12.9. The minimum Gasteiger partial charge on any atom is -0.341 e. The van der Waals surface area contributed by atoms with Gasteiger partial charge in [0.2, 0.25) is 0 Å². The molecular formula is C20H18FN3O. The number of hydrogen-bond donors (Lipinski definition) is 1. The molecule has 4 nitrogen and oxygen atoms in total. The van der Waals surface area contributed by atoms with Gasteiger partial charge in [0.25, 0.3) is 5.91 Å². The highest BCUT2D eigenvalue weighted by Crippen LogP contribution is 2.24. The molecule has 1 heterocycles. The van der Waals surface area contributed by atoms with Gasteiger partial charge in [-0.15, -0.1) is 0 Å². The molecule has 0 atom stereocenters. The molecule has 2 aromatic carbocycles. The number of halogens is 1. The molecule has 0 radical (unpaired) electrons. The second-order valence-electron chi connectivity index (χ2n) is 5.44. The van der Waals surface area contributed by atoms with Crippen LogP contribution in [0.15, 0.2) is 72.9 Å². The normalized spacial score (nSPS) is 10.3. The van der Waals surface area contributed by atoms with Gasteiger partial charge in [0, 0.05) is 17.9 Å². The number of anilines is 3. The highest BCUT2D eigenvalue weighted by atomic mass is 19.1. The summed E-state index contributed by atoms with van der Waals surface area (Å²) in [5.41, 5.74) is 2.80. The molecule has 0 saturated heterocycles. The van der Waals surface area contributed by atoms with E-state index in [9.17, 15) is 9.18 Å². The molecular weight excluding hydrogens is 317 g/mol. The van der Waals surface area contributed by atoms with E-state index in [1.807, 2.05) is 36.4 Å². The lowest BCUT2D eigenvalue weighted by molar-refractivity contribution is 0.102. The smallest absolute Gasteiger partial charge is 0.274 e. The van der Waals surface area contributed by atoms with Gasteiger partial charge in [0.05, 0.1) is 11.9 Å². The van der Waals surface area contributed by atoms with Gasteiger partial charge in [0.1, 0.15) is 11.5 Å². The number of pyridine rings is 1. The lowest BCUT2D eigenvalue weighted by atomic mass is 10.2. The largest absolute Gasteiger partial charge is 0.341 e. The van der Waals surface area contributed by atoms with Gasteiger partial charge in [0.15, 0.2) is 0 Å².